The second-order valence-corrected chi connectivity index (χ2v) is 12.7. The zero-order valence-corrected chi connectivity index (χ0v) is 24.2. The van der Waals surface area contributed by atoms with Crippen molar-refractivity contribution in [1.29, 1.82) is 0 Å². The summed E-state index contributed by atoms with van der Waals surface area (Å²) in [7, 11) is -3.83. The lowest BCUT2D eigenvalue weighted by Crippen LogP contribution is -2.39. The molecule has 11 nitrogen and oxygen atoms in total. The van der Waals surface area contributed by atoms with Crippen LogP contribution in [0.1, 0.15) is 60.2 Å². The van der Waals surface area contributed by atoms with Gasteiger partial charge in [0.1, 0.15) is 16.2 Å². The number of rotatable bonds is 7. The molecule has 0 amide bonds. The molecule has 2 aliphatic rings. The van der Waals surface area contributed by atoms with Crippen molar-refractivity contribution < 1.29 is 18.3 Å². The molecular weight excluding hydrogens is 542 g/mol. The number of pyridine rings is 2. The third-order valence-electron chi connectivity index (χ3n) is 8.37. The summed E-state index contributed by atoms with van der Waals surface area (Å²) in [5.41, 5.74) is 5.32. The zero-order valence-electron chi connectivity index (χ0n) is 23.4. The summed E-state index contributed by atoms with van der Waals surface area (Å²) in [5, 5.41) is 18.4. The number of hydrogen-bond donors (Lipinski definition) is 1. The molecule has 1 fully saturated rings. The van der Waals surface area contributed by atoms with Gasteiger partial charge in [0.05, 0.1) is 24.2 Å². The second-order valence-electron chi connectivity index (χ2n) is 10.8. The van der Waals surface area contributed by atoms with Crippen molar-refractivity contribution in [2.24, 2.45) is 0 Å². The highest BCUT2D eigenvalue weighted by Crippen LogP contribution is 2.37. The minimum Gasteiger partial charge on any atom is -0.481 e. The predicted molar refractivity (Wildman–Crippen MR) is 153 cm³/mol. The largest absolute Gasteiger partial charge is 0.481 e. The van der Waals surface area contributed by atoms with E-state index in [0.717, 1.165) is 47.1 Å². The molecule has 2 aliphatic heterocycles. The highest BCUT2D eigenvalue weighted by atomic mass is 32.2. The van der Waals surface area contributed by atoms with Crippen molar-refractivity contribution in [3.8, 4) is 0 Å². The van der Waals surface area contributed by atoms with E-state index in [1.165, 1.54) is 4.31 Å². The minimum absolute atomic E-state index is 0.0371. The van der Waals surface area contributed by atoms with E-state index in [4.69, 9.17) is 4.98 Å². The smallest absolute Gasteiger partial charge is 0.304 e. The van der Waals surface area contributed by atoms with Gasteiger partial charge in [-0.3, -0.25) is 9.78 Å². The first-order chi connectivity index (χ1) is 19.7. The van der Waals surface area contributed by atoms with E-state index >= 15 is 0 Å². The molecule has 0 saturated carbocycles. The van der Waals surface area contributed by atoms with Crippen LogP contribution >= 0.6 is 0 Å². The molecule has 0 aliphatic carbocycles. The van der Waals surface area contributed by atoms with E-state index < -0.39 is 21.9 Å². The minimum atomic E-state index is -3.83. The van der Waals surface area contributed by atoms with Crippen molar-refractivity contribution in [3.63, 3.8) is 0 Å². The molecule has 6 rings (SSSR count). The Labute approximate surface area is 238 Å². The van der Waals surface area contributed by atoms with Gasteiger partial charge in [-0.05, 0) is 74.6 Å². The lowest BCUT2D eigenvalue weighted by atomic mass is 9.88. The van der Waals surface area contributed by atoms with Crippen LogP contribution < -0.4 is 4.90 Å². The Morgan fingerprint density at radius 3 is 2.78 bits per heavy atom. The Kier molecular flexibility index (Phi) is 6.98. The van der Waals surface area contributed by atoms with Crippen molar-refractivity contribution in [2.45, 2.75) is 70.0 Å². The lowest BCUT2D eigenvalue weighted by Gasteiger charge is -2.26. The average Bonchev–Trinajstić information content (AvgIpc) is 3.58. The number of aliphatic carboxylic acids is 1. The first kappa shape index (κ1) is 27.3. The number of carboxylic acids is 1. The van der Waals surface area contributed by atoms with Crippen LogP contribution in [0, 0.1) is 13.8 Å². The topological polar surface area (TPSA) is 134 Å². The van der Waals surface area contributed by atoms with E-state index in [-0.39, 0.29) is 23.9 Å². The SMILES string of the molecule is CCn1nnc2c(C)c(C(CC(=O)O)c3ccc(C)c(CN4C[C@H]5CCCN5c5ncccc5S4(=O)=O)n3)ccc21. The summed E-state index contributed by atoms with van der Waals surface area (Å²) in [5.74, 6) is -0.974. The molecular formula is C29H33N7O4S. The van der Waals surface area contributed by atoms with Gasteiger partial charge in [-0.15, -0.1) is 5.10 Å². The van der Waals surface area contributed by atoms with Gasteiger partial charge >= 0.3 is 5.97 Å². The van der Waals surface area contributed by atoms with Gasteiger partial charge < -0.3 is 10.0 Å². The van der Waals surface area contributed by atoms with Crippen LogP contribution in [0.15, 0.2) is 47.5 Å². The first-order valence-electron chi connectivity index (χ1n) is 13.9. The summed E-state index contributed by atoms with van der Waals surface area (Å²) in [6, 6.07) is 10.9. The number of fused-ring (bicyclic) bond motifs is 4. The molecule has 1 N–H and O–H groups in total. The zero-order chi connectivity index (χ0) is 28.9. The number of hydrogen-bond acceptors (Lipinski definition) is 8. The molecule has 0 radical (unpaired) electrons. The second kappa shape index (κ2) is 10.5. The lowest BCUT2D eigenvalue weighted by molar-refractivity contribution is -0.137. The molecule has 41 heavy (non-hydrogen) atoms. The molecule has 3 aromatic heterocycles. The third kappa shape index (κ3) is 4.74. The number of benzene rings is 1. The van der Waals surface area contributed by atoms with E-state index in [1.54, 1.807) is 23.0 Å². The maximum absolute atomic E-state index is 13.9. The molecule has 12 heteroatoms. The molecule has 0 spiro atoms. The highest BCUT2D eigenvalue weighted by molar-refractivity contribution is 7.89. The van der Waals surface area contributed by atoms with Gasteiger partial charge in [-0.2, -0.15) is 4.31 Å². The molecule has 0 bridgehead atoms. The summed E-state index contributed by atoms with van der Waals surface area (Å²) >= 11 is 0. The standard InChI is InChI=1S/C29H33N7O4S/c1-4-36-25-12-10-21(19(3)28(25)32-33-36)22(15-27(37)38)23-11-9-18(2)24(31-23)17-34-16-20-7-6-14-35(20)29-26(41(34,39)40)8-5-13-30-29/h5,8-13,20,22H,4,6-7,14-17H2,1-3H3,(H,37,38)/t20-,22?/m1/s1. The van der Waals surface area contributed by atoms with Gasteiger partial charge in [0.15, 0.2) is 0 Å². The fourth-order valence-corrected chi connectivity index (χ4v) is 7.77. The molecule has 1 unspecified atom stereocenters. The number of aromatic nitrogens is 5. The summed E-state index contributed by atoms with van der Waals surface area (Å²) in [4.78, 5) is 23.7. The molecule has 5 heterocycles. The Morgan fingerprint density at radius 1 is 1.17 bits per heavy atom. The fourth-order valence-electron chi connectivity index (χ4n) is 6.18. The van der Waals surface area contributed by atoms with Crippen molar-refractivity contribution in [1.82, 2.24) is 29.3 Å². The van der Waals surface area contributed by atoms with Crippen LogP contribution in [0.4, 0.5) is 5.82 Å². The third-order valence-corrected chi connectivity index (χ3v) is 10.2. The van der Waals surface area contributed by atoms with Crippen molar-refractivity contribution >= 4 is 32.8 Å². The van der Waals surface area contributed by atoms with E-state index in [0.29, 0.717) is 30.3 Å². The molecule has 2 atom stereocenters. The fraction of sp³-hybridized carbons (Fsp3) is 0.414. The number of nitrogens with zero attached hydrogens (tertiary/aromatic N) is 7. The van der Waals surface area contributed by atoms with Crippen molar-refractivity contribution in [2.75, 3.05) is 18.0 Å². The summed E-state index contributed by atoms with van der Waals surface area (Å²) in [6.45, 7) is 7.70. The normalized spacial score (nSPS) is 19.1. The molecule has 4 aromatic rings. The van der Waals surface area contributed by atoms with E-state index in [1.807, 2.05) is 45.0 Å². The average molecular weight is 576 g/mol. The van der Waals surface area contributed by atoms with E-state index in [2.05, 4.69) is 20.2 Å². The Hall–Kier alpha value is -3.90. The van der Waals surface area contributed by atoms with Crippen LogP contribution in [-0.2, 0) is 27.9 Å². The highest BCUT2D eigenvalue weighted by Gasteiger charge is 2.40. The van der Waals surface area contributed by atoms with Crippen LogP contribution in [-0.4, -0.2) is 67.9 Å². The molecule has 214 valence electrons. The van der Waals surface area contributed by atoms with Gasteiger partial charge in [0, 0.05) is 43.5 Å². The number of carbonyl (C=O) groups is 1. The van der Waals surface area contributed by atoms with Gasteiger partial charge in [-0.1, -0.05) is 17.3 Å². The van der Waals surface area contributed by atoms with Crippen LogP contribution in [0.25, 0.3) is 11.0 Å². The number of carboxylic acid groups (broad SMARTS) is 1. The molecule has 1 saturated heterocycles. The van der Waals surface area contributed by atoms with Crippen LogP contribution in [0.2, 0.25) is 0 Å². The maximum atomic E-state index is 13.9. The van der Waals surface area contributed by atoms with Crippen LogP contribution in [0.5, 0.6) is 0 Å². The Bertz CT molecular complexity index is 1750. The van der Waals surface area contributed by atoms with Crippen LogP contribution in [0.3, 0.4) is 0 Å². The number of sulfonamides is 1. The summed E-state index contributed by atoms with van der Waals surface area (Å²) < 4.78 is 31.1. The van der Waals surface area contributed by atoms with E-state index in [9.17, 15) is 18.3 Å². The van der Waals surface area contributed by atoms with Gasteiger partial charge in [-0.25, -0.2) is 18.1 Å². The van der Waals surface area contributed by atoms with Crippen molar-refractivity contribution in [3.05, 3.63) is 70.7 Å². The van der Waals surface area contributed by atoms with Gasteiger partial charge in [0.25, 0.3) is 0 Å². The van der Waals surface area contributed by atoms with Gasteiger partial charge in [0.2, 0.25) is 10.0 Å². The summed E-state index contributed by atoms with van der Waals surface area (Å²) in [6.07, 6.45) is 3.34. The number of anilines is 1. The number of aryl methyl sites for hydroxylation is 3. The predicted octanol–water partition coefficient (Wildman–Crippen LogP) is 3.64. The Morgan fingerprint density at radius 2 is 2.00 bits per heavy atom. The molecule has 1 aromatic carbocycles. The monoisotopic (exact) mass is 575 g/mol. The Balaban J connectivity index is 1.40. The first-order valence-corrected chi connectivity index (χ1v) is 15.4. The maximum Gasteiger partial charge on any atom is 0.304 e. The quantitative estimate of drug-likeness (QED) is 0.350.